The lowest BCUT2D eigenvalue weighted by Gasteiger charge is -2.36. The van der Waals surface area contributed by atoms with E-state index in [1.165, 1.54) is 31.0 Å². The van der Waals surface area contributed by atoms with Gasteiger partial charge in [-0.3, -0.25) is 0 Å². The minimum atomic E-state index is -0.994. The zero-order chi connectivity index (χ0) is 19.2. The summed E-state index contributed by atoms with van der Waals surface area (Å²) in [4.78, 5) is 10.0. The predicted molar refractivity (Wildman–Crippen MR) is 111 cm³/mol. The monoisotopic (exact) mass is 374 g/mol. The lowest BCUT2D eigenvalue weighted by molar-refractivity contribution is 0.0600. The molecule has 24 heavy (non-hydrogen) atoms. The Labute approximate surface area is 152 Å². The third-order valence-corrected chi connectivity index (χ3v) is 14.2. The fourth-order valence-corrected chi connectivity index (χ4v) is 9.91. The van der Waals surface area contributed by atoms with Crippen molar-refractivity contribution in [1.29, 1.82) is 0 Å². The van der Waals surface area contributed by atoms with Gasteiger partial charge in [0.15, 0.2) is 0 Å². The van der Waals surface area contributed by atoms with E-state index in [1.54, 1.807) is 20.8 Å². The molecule has 0 saturated carbocycles. The molecule has 2 atom stereocenters. The van der Waals surface area contributed by atoms with Crippen molar-refractivity contribution in [2.24, 2.45) is 5.73 Å². The Kier molecular flexibility index (Phi) is 9.25. The molecular formula is C18H42N2O2Si2. The van der Waals surface area contributed by atoms with E-state index < -0.39 is 27.8 Å². The Bertz CT molecular complexity index is 377. The Hall–Kier alpha value is -0.336. The summed E-state index contributed by atoms with van der Waals surface area (Å²) in [6.45, 7) is 20.1. The second-order valence-electron chi connectivity index (χ2n) is 9.17. The lowest BCUT2D eigenvalue weighted by atomic mass is 10.2. The average Bonchev–Trinajstić information content (AvgIpc) is 2.89. The molecule has 1 heterocycles. The van der Waals surface area contributed by atoms with Crippen LogP contribution in [0.4, 0.5) is 4.79 Å². The van der Waals surface area contributed by atoms with Crippen LogP contribution >= 0.6 is 0 Å². The first-order valence-electron chi connectivity index (χ1n) is 9.55. The number of carbonyl (C=O) groups is 1. The third-order valence-electron chi connectivity index (χ3n) is 5.45. The molecule has 6 heteroatoms. The number of nitrogens with one attached hydrogen (secondary N) is 1. The smallest absolute Gasteiger partial charge is 0.405 e. The first kappa shape index (κ1) is 23.7. The molecule has 0 aromatic carbocycles. The summed E-state index contributed by atoms with van der Waals surface area (Å²) >= 11 is 0. The van der Waals surface area contributed by atoms with Gasteiger partial charge in [-0.1, -0.05) is 58.5 Å². The van der Waals surface area contributed by atoms with Gasteiger partial charge in [0.25, 0.3) is 0 Å². The summed E-state index contributed by atoms with van der Waals surface area (Å²) in [5.74, 6) is 0. The minimum absolute atomic E-state index is 0.453. The van der Waals surface area contributed by atoms with Crippen LogP contribution < -0.4 is 11.1 Å². The maximum Gasteiger partial charge on any atom is 0.405 e. The topological polar surface area (TPSA) is 64.3 Å². The van der Waals surface area contributed by atoms with Gasteiger partial charge in [0.05, 0.1) is 16.1 Å². The quantitative estimate of drug-likeness (QED) is 0.672. The standard InChI is InChI=1S/C13H31NSi2.C5H11NO2/c1-7-16(8-2,9-3)13-11-10-12(14-13)15(4,5)6;1-5(2,3)8-4(6)7/h12-14H,7-11H2,1-6H3;1-3H3,(H2,6,7). The SMILES string of the molecule is CC(C)(C)OC(N)=O.CC[Si](CC)(CC)C1CCC([Si](C)(C)C)N1. The second-order valence-corrected chi connectivity index (χ2v) is 20.1. The van der Waals surface area contributed by atoms with Crippen molar-refractivity contribution in [3.63, 3.8) is 0 Å². The molecule has 0 spiro atoms. The summed E-state index contributed by atoms with van der Waals surface area (Å²) in [5.41, 5.74) is 6.07. The molecule has 0 radical (unpaired) electrons. The molecule has 3 N–H and O–H groups in total. The van der Waals surface area contributed by atoms with E-state index in [0.717, 1.165) is 11.3 Å². The summed E-state index contributed by atoms with van der Waals surface area (Å²) in [7, 11) is -1.97. The number of amides is 1. The number of primary amides is 1. The van der Waals surface area contributed by atoms with Crippen molar-refractivity contribution in [3.05, 3.63) is 0 Å². The molecule has 1 aliphatic rings. The maximum atomic E-state index is 10.0. The third kappa shape index (κ3) is 7.70. The zero-order valence-electron chi connectivity index (χ0n) is 17.6. The van der Waals surface area contributed by atoms with Gasteiger partial charge in [0, 0.05) is 5.67 Å². The van der Waals surface area contributed by atoms with Crippen molar-refractivity contribution in [2.45, 2.75) is 109 Å². The maximum absolute atomic E-state index is 10.0. The number of ether oxygens (including phenoxy) is 1. The molecule has 144 valence electrons. The van der Waals surface area contributed by atoms with Crippen molar-refractivity contribution in [2.75, 3.05) is 0 Å². The van der Waals surface area contributed by atoms with Gasteiger partial charge < -0.3 is 15.8 Å². The Morgan fingerprint density at radius 3 is 1.67 bits per heavy atom. The van der Waals surface area contributed by atoms with Crippen LogP contribution in [0.15, 0.2) is 0 Å². The van der Waals surface area contributed by atoms with E-state index in [9.17, 15) is 4.79 Å². The summed E-state index contributed by atoms with van der Waals surface area (Å²) in [6, 6.07) is 4.41. The fourth-order valence-electron chi connectivity index (χ4n) is 3.70. The summed E-state index contributed by atoms with van der Waals surface area (Å²) < 4.78 is 4.58. The van der Waals surface area contributed by atoms with E-state index in [1.807, 2.05) is 0 Å². The largest absolute Gasteiger partial charge is 0.444 e. The molecule has 0 aromatic rings. The van der Waals surface area contributed by atoms with Crippen LogP contribution in [0.2, 0.25) is 37.8 Å². The highest BCUT2D eigenvalue weighted by atomic mass is 28.3. The molecule has 0 bridgehead atoms. The highest BCUT2D eigenvalue weighted by Gasteiger charge is 2.43. The minimum Gasteiger partial charge on any atom is -0.444 e. The molecule has 1 saturated heterocycles. The van der Waals surface area contributed by atoms with Gasteiger partial charge in [0.2, 0.25) is 0 Å². The van der Waals surface area contributed by atoms with Gasteiger partial charge in [-0.2, -0.15) is 0 Å². The number of rotatable bonds is 5. The molecule has 0 aromatic heterocycles. The van der Waals surface area contributed by atoms with E-state index in [-0.39, 0.29) is 0 Å². The van der Waals surface area contributed by atoms with Crippen LogP contribution in [0.3, 0.4) is 0 Å². The first-order chi connectivity index (χ1) is 10.8. The first-order valence-corrected chi connectivity index (χ1v) is 15.8. The van der Waals surface area contributed by atoms with Crippen LogP contribution in [-0.4, -0.2) is 39.2 Å². The van der Waals surface area contributed by atoms with Crippen molar-refractivity contribution in [1.82, 2.24) is 5.32 Å². The lowest BCUT2D eigenvalue weighted by Crippen LogP contribution is -2.56. The molecule has 1 fully saturated rings. The highest BCUT2D eigenvalue weighted by molar-refractivity contribution is 6.82. The molecule has 4 nitrogen and oxygen atoms in total. The predicted octanol–water partition coefficient (Wildman–Crippen LogP) is 4.91. The number of nitrogens with two attached hydrogens (primary N) is 1. The Morgan fingerprint density at radius 1 is 1.04 bits per heavy atom. The van der Waals surface area contributed by atoms with E-state index in [2.05, 4.69) is 50.5 Å². The van der Waals surface area contributed by atoms with E-state index in [4.69, 9.17) is 5.73 Å². The average molecular weight is 375 g/mol. The molecule has 1 rings (SSSR count). The van der Waals surface area contributed by atoms with Crippen LogP contribution in [0.5, 0.6) is 0 Å². The van der Waals surface area contributed by atoms with Crippen molar-refractivity contribution in [3.8, 4) is 0 Å². The van der Waals surface area contributed by atoms with Crippen LogP contribution in [0, 0.1) is 0 Å². The zero-order valence-corrected chi connectivity index (χ0v) is 19.6. The molecular weight excluding hydrogens is 332 g/mol. The number of hydrogen-bond acceptors (Lipinski definition) is 3. The second kappa shape index (κ2) is 9.39. The highest BCUT2D eigenvalue weighted by Crippen LogP contribution is 2.32. The van der Waals surface area contributed by atoms with Gasteiger partial charge in [-0.25, -0.2) is 4.79 Å². The van der Waals surface area contributed by atoms with Crippen molar-refractivity contribution < 1.29 is 9.53 Å². The molecule has 1 aliphatic heterocycles. The van der Waals surface area contributed by atoms with Gasteiger partial charge in [0.1, 0.15) is 5.60 Å². The van der Waals surface area contributed by atoms with Gasteiger partial charge in [-0.05, 0) is 39.3 Å². The van der Waals surface area contributed by atoms with Crippen molar-refractivity contribution >= 4 is 22.2 Å². The molecule has 0 aliphatic carbocycles. The van der Waals surface area contributed by atoms with Crippen LogP contribution in [-0.2, 0) is 4.74 Å². The number of carbonyl (C=O) groups excluding carboxylic acids is 1. The summed E-state index contributed by atoms with van der Waals surface area (Å²) in [6.07, 6.45) is 2.20. The Morgan fingerprint density at radius 2 is 1.46 bits per heavy atom. The Balaban J connectivity index is 0.000000561. The van der Waals surface area contributed by atoms with Crippen LogP contribution in [0.1, 0.15) is 54.4 Å². The summed E-state index contributed by atoms with van der Waals surface area (Å²) in [5, 5.41) is 4.05. The van der Waals surface area contributed by atoms with Gasteiger partial charge >= 0.3 is 6.09 Å². The molecule has 2 unspecified atom stereocenters. The number of hydrogen-bond donors (Lipinski definition) is 2. The fraction of sp³-hybridized carbons (Fsp3) is 0.944. The van der Waals surface area contributed by atoms with Gasteiger partial charge in [-0.15, -0.1) is 0 Å². The van der Waals surface area contributed by atoms with E-state index >= 15 is 0 Å². The van der Waals surface area contributed by atoms with E-state index in [0.29, 0.717) is 0 Å². The normalized spacial score (nSPS) is 21.9. The molecule has 1 amide bonds. The van der Waals surface area contributed by atoms with Crippen LogP contribution in [0.25, 0.3) is 0 Å².